The molecule has 1 aliphatic heterocycles. The average Bonchev–Trinajstić information content (AvgIpc) is 3.28. The fourth-order valence-corrected chi connectivity index (χ4v) is 4.20. The summed E-state index contributed by atoms with van der Waals surface area (Å²) in [7, 11) is 4.17. The van der Waals surface area contributed by atoms with E-state index in [4.69, 9.17) is 0 Å². The Bertz CT molecular complexity index is 375. The monoisotopic (exact) mass is 420 g/mol. The molecule has 0 amide bonds. The van der Waals surface area contributed by atoms with Gasteiger partial charge in [0.1, 0.15) is 0 Å². The van der Waals surface area contributed by atoms with Gasteiger partial charge in [0, 0.05) is 39.3 Å². The summed E-state index contributed by atoms with van der Waals surface area (Å²) in [6.45, 7) is 4.56. The molecule has 0 bridgehead atoms. The fraction of sp³-hybridized carbons (Fsp3) is 0.941. The number of aliphatic imine (C=N–C) groups is 1. The Balaban J connectivity index is 0.00000176. The van der Waals surface area contributed by atoms with E-state index >= 15 is 0 Å². The second-order valence-electron chi connectivity index (χ2n) is 7.42. The SMILES string of the molecule is CN=C(NCCN(C)C1CC1)N1CCC2(CCCCC2)C1.I. The third-order valence-electron chi connectivity index (χ3n) is 5.78. The van der Waals surface area contributed by atoms with Crippen LogP contribution in [0.1, 0.15) is 51.4 Å². The van der Waals surface area contributed by atoms with Crippen LogP contribution in [-0.4, -0.2) is 62.1 Å². The van der Waals surface area contributed by atoms with Crippen molar-refractivity contribution in [2.75, 3.05) is 40.3 Å². The lowest BCUT2D eigenvalue weighted by Crippen LogP contribution is -2.44. The molecular formula is C17H33IN4. The van der Waals surface area contributed by atoms with Crippen LogP contribution in [-0.2, 0) is 0 Å². The highest BCUT2D eigenvalue weighted by Crippen LogP contribution is 2.43. The molecule has 5 heteroatoms. The number of hydrogen-bond donors (Lipinski definition) is 1. The summed E-state index contributed by atoms with van der Waals surface area (Å²) in [5.41, 5.74) is 0.612. The normalized spacial score (nSPS) is 24.7. The van der Waals surface area contributed by atoms with Crippen molar-refractivity contribution in [3.05, 3.63) is 0 Å². The molecule has 0 unspecified atom stereocenters. The van der Waals surface area contributed by atoms with Crippen LogP contribution in [0, 0.1) is 5.41 Å². The van der Waals surface area contributed by atoms with Crippen LogP contribution in [0.5, 0.6) is 0 Å². The molecule has 1 saturated heterocycles. The molecular weight excluding hydrogens is 387 g/mol. The molecule has 0 atom stereocenters. The topological polar surface area (TPSA) is 30.9 Å². The van der Waals surface area contributed by atoms with Crippen LogP contribution in [0.2, 0.25) is 0 Å². The van der Waals surface area contributed by atoms with Crippen LogP contribution in [0.25, 0.3) is 0 Å². The fourth-order valence-electron chi connectivity index (χ4n) is 4.20. The summed E-state index contributed by atoms with van der Waals surface area (Å²) in [6, 6.07) is 0.853. The van der Waals surface area contributed by atoms with E-state index in [0.717, 1.165) is 25.1 Å². The first-order valence-electron chi connectivity index (χ1n) is 8.88. The lowest BCUT2D eigenvalue weighted by Gasteiger charge is -2.33. The van der Waals surface area contributed by atoms with Gasteiger partial charge >= 0.3 is 0 Å². The maximum atomic E-state index is 4.52. The van der Waals surface area contributed by atoms with Gasteiger partial charge in [-0.25, -0.2) is 0 Å². The Labute approximate surface area is 153 Å². The largest absolute Gasteiger partial charge is 0.355 e. The summed E-state index contributed by atoms with van der Waals surface area (Å²) < 4.78 is 0. The zero-order chi connectivity index (χ0) is 14.7. The van der Waals surface area contributed by atoms with E-state index in [-0.39, 0.29) is 24.0 Å². The van der Waals surface area contributed by atoms with E-state index in [1.54, 1.807) is 0 Å². The van der Waals surface area contributed by atoms with Gasteiger partial charge in [0.25, 0.3) is 0 Å². The van der Waals surface area contributed by atoms with Crippen molar-refractivity contribution < 1.29 is 0 Å². The van der Waals surface area contributed by atoms with Crippen molar-refractivity contribution in [1.82, 2.24) is 15.1 Å². The molecule has 4 nitrogen and oxygen atoms in total. The van der Waals surface area contributed by atoms with Gasteiger partial charge in [-0.05, 0) is 44.6 Å². The first-order chi connectivity index (χ1) is 10.2. The lowest BCUT2D eigenvalue weighted by atomic mass is 9.73. The van der Waals surface area contributed by atoms with Crippen molar-refractivity contribution in [3.63, 3.8) is 0 Å². The number of guanidine groups is 1. The number of rotatable bonds is 4. The van der Waals surface area contributed by atoms with Crippen LogP contribution < -0.4 is 5.32 Å². The molecule has 3 fully saturated rings. The summed E-state index contributed by atoms with van der Waals surface area (Å²) in [6.07, 6.45) is 11.3. The number of likely N-dealkylation sites (tertiary alicyclic amines) is 1. The number of likely N-dealkylation sites (N-methyl/N-ethyl adjacent to an activating group) is 1. The van der Waals surface area contributed by atoms with Gasteiger partial charge < -0.3 is 15.1 Å². The standard InChI is InChI=1S/C17H32N4.HI/c1-18-16(19-11-13-20(2)15-6-7-15)21-12-10-17(14-21)8-4-3-5-9-17;/h15H,3-14H2,1-2H3,(H,18,19);1H. The molecule has 1 spiro atoms. The quantitative estimate of drug-likeness (QED) is 0.431. The predicted octanol–water partition coefficient (Wildman–Crippen LogP) is 2.93. The van der Waals surface area contributed by atoms with Gasteiger partial charge in [0.05, 0.1) is 0 Å². The second kappa shape index (κ2) is 8.18. The smallest absolute Gasteiger partial charge is 0.193 e. The third kappa shape index (κ3) is 4.49. The van der Waals surface area contributed by atoms with Gasteiger partial charge in [-0.15, -0.1) is 24.0 Å². The summed E-state index contributed by atoms with van der Waals surface area (Å²) in [5.74, 6) is 1.13. The minimum atomic E-state index is 0. The second-order valence-corrected chi connectivity index (χ2v) is 7.42. The molecule has 128 valence electrons. The Morgan fingerprint density at radius 2 is 1.95 bits per heavy atom. The van der Waals surface area contributed by atoms with E-state index in [0.29, 0.717) is 5.41 Å². The maximum Gasteiger partial charge on any atom is 0.193 e. The summed E-state index contributed by atoms with van der Waals surface area (Å²) in [5, 5.41) is 3.58. The summed E-state index contributed by atoms with van der Waals surface area (Å²) >= 11 is 0. The Kier molecular flexibility index (Phi) is 6.80. The third-order valence-corrected chi connectivity index (χ3v) is 5.78. The average molecular weight is 420 g/mol. The van der Waals surface area contributed by atoms with Gasteiger partial charge in [0.2, 0.25) is 0 Å². The van der Waals surface area contributed by atoms with Gasteiger partial charge in [0.15, 0.2) is 5.96 Å². The van der Waals surface area contributed by atoms with E-state index < -0.39 is 0 Å². The zero-order valence-corrected chi connectivity index (χ0v) is 16.6. The Morgan fingerprint density at radius 1 is 1.23 bits per heavy atom. The van der Waals surface area contributed by atoms with Crippen LogP contribution in [0.4, 0.5) is 0 Å². The molecule has 0 aromatic heterocycles. The Morgan fingerprint density at radius 3 is 2.59 bits per heavy atom. The van der Waals surface area contributed by atoms with Crippen LogP contribution in [0.15, 0.2) is 4.99 Å². The van der Waals surface area contributed by atoms with Crippen molar-refractivity contribution in [2.45, 2.75) is 57.4 Å². The van der Waals surface area contributed by atoms with Gasteiger partial charge in [-0.3, -0.25) is 4.99 Å². The zero-order valence-electron chi connectivity index (χ0n) is 14.3. The van der Waals surface area contributed by atoms with Crippen molar-refractivity contribution in [2.24, 2.45) is 10.4 Å². The number of hydrogen-bond acceptors (Lipinski definition) is 2. The molecule has 0 aromatic rings. The van der Waals surface area contributed by atoms with E-state index in [2.05, 4.69) is 27.2 Å². The number of nitrogens with one attached hydrogen (secondary N) is 1. The molecule has 3 rings (SSSR count). The molecule has 2 saturated carbocycles. The molecule has 0 aromatic carbocycles. The van der Waals surface area contributed by atoms with Crippen LogP contribution >= 0.6 is 24.0 Å². The Hall–Kier alpha value is -0.0400. The summed E-state index contributed by atoms with van der Waals surface area (Å²) in [4.78, 5) is 9.50. The molecule has 2 aliphatic carbocycles. The highest BCUT2D eigenvalue weighted by Gasteiger charge is 2.39. The molecule has 1 N–H and O–H groups in total. The molecule has 3 aliphatic rings. The highest BCUT2D eigenvalue weighted by atomic mass is 127. The first kappa shape index (κ1) is 18.3. The number of halogens is 1. The van der Waals surface area contributed by atoms with Gasteiger partial charge in [-0.1, -0.05) is 19.3 Å². The first-order valence-corrected chi connectivity index (χ1v) is 8.88. The minimum absolute atomic E-state index is 0. The molecule has 0 radical (unpaired) electrons. The number of nitrogens with zero attached hydrogens (tertiary/aromatic N) is 3. The maximum absolute atomic E-state index is 4.52. The van der Waals surface area contributed by atoms with E-state index in [9.17, 15) is 0 Å². The van der Waals surface area contributed by atoms with Crippen LogP contribution in [0.3, 0.4) is 0 Å². The minimum Gasteiger partial charge on any atom is -0.355 e. The van der Waals surface area contributed by atoms with Crippen molar-refractivity contribution in [3.8, 4) is 0 Å². The molecule has 1 heterocycles. The van der Waals surface area contributed by atoms with Gasteiger partial charge in [-0.2, -0.15) is 0 Å². The van der Waals surface area contributed by atoms with E-state index in [1.807, 2.05) is 7.05 Å². The lowest BCUT2D eigenvalue weighted by molar-refractivity contribution is 0.203. The predicted molar refractivity (Wildman–Crippen MR) is 104 cm³/mol. The van der Waals surface area contributed by atoms with Crippen molar-refractivity contribution >= 4 is 29.9 Å². The highest BCUT2D eigenvalue weighted by molar-refractivity contribution is 14.0. The van der Waals surface area contributed by atoms with Crippen molar-refractivity contribution in [1.29, 1.82) is 0 Å². The molecule has 22 heavy (non-hydrogen) atoms. The van der Waals surface area contributed by atoms with E-state index in [1.165, 1.54) is 64.5 Å².